The standard InChI is InChI=1S/C12H24O3/c1-5-11(14-3)10(2)8-6-7-9-12(13)15-4/h10-11H,5-9H2,1-4H3. The molecule has 0 aromatic rings. The highest BCUT2D eigenvalue weighted by Gasteiger charge is 2.14. The first-order valence-electron chi connectivity index (χ1n) is 5.75. The van der Waals surface area contributed by atoms with Crippen LogP contribution in [0, 0.1) is 5.92 Å². The number of rotatable bonds is 8. The van der Waals surface area contributed by atoms with Crippen LogP contribution in [0.4, 0.5) is 0 Å². The molecule has 15 heavy (non-hydrogen) atoms. The van der Waals surface area contributed by atoms with E-state index in [0.29, 0.717) is 18.4 Å². The Balaban J connectivity index is 3.53. The van der Waals surface area contributed by atoms with Crippen LogP contribution < -0.4 is 0 Å². The SMILES string of the molecule is CCC(OC)C(C)CCCCC(=O)OC. The molecule has 0 amide bonds. The van der Waals surface area contributed by atoms with Crippen molar-refractivity contribution in [2.75, 3.05) is 14.2 Å². The third kappa shape index (κ3) is 6.50. The first-order chi connectivity index (χ1) is 7.15. The highest BCUT2D eigenvalue weighted by Crippen LogP contribution is 2.17. The van der Waals surface area contributed by atoms with Crippen LogP contribution >= 0.6 is 0 Å². The number of ether oxygens (including phenoxy) is 2. The number of carbonyl (C=O) groups excluding carboxylic acids is 1. The van der Waals surface area contributed by atoms with Gasteiger partial charge in [-0.05, 0) is 25.2 Å². The molecule has 90 valence electrons. The minimum Gasteiger partial charge on any atom is -0.469 e. The van der Waals surface area contributed by atoms with E-state index < -0.39 is 0 Å². The van der Waals surface area contributed by atoms with Gasteiger partial charge in [-0.2, -0.15) is 0 Å². The van der Waals surface area contributed by atoms with E-state index in [4.69, 9.17) is 4.74 Å². The van der Waals surface area contributed by atoms with Crippen LogP contribution in [-0.4, -0.2) is 26.3 Å². The van der Waals surface area contributed by atoms with Crippen LogP contribution in [0.1, 0.15) is 46.0 Å². The molecule has 0 saturated heterocycles. The van der Waals surface area contributed by atoms with E-state index in [9.17, 15) is 4.79 Å². The molecule has 3 heteroatoms. The molecule has 0 heterocycles. The van der Waals surface area contributed by atoms with Gasteiger partial charge in [0.15, 0.2) is 0 Å². The Kier molecular flexibility index (Phi) is 8.38. The third-order valence-electron chi connectivity index (χ3n) is 2.86. The van der Waals surface area contributed by atoms with E-state index in [2.05, 4.69) is 18.6 Å². The molecule has 0 bridgehead atoms. The van der Waals surface area contributed by atoms with Gasteiger partial charge in [0.05, 0.1) is 13.2 Å². The molecule has 0 aliphatic rings. The summed E-state index contributed by atoms with van der Waals surface area (Å²) in [7, 11) is 3.20. The quantitative estimate of drug-likeness (QED) is 0.462. The summed E-state index contributed by atoms with van der Waals surface area (Å²) in [4.78, 5) is 10.9. The smallest absolute Gasteiger partial charge is 0.305 e. The highest BCUT2D eigenvalue weighted by atomic mass is 16.5. The van der Waals surface area contributed by atoms with Crippen molar-refractivity contribution in [3.8, 4) is 0 Å². The van der Waals surface area contributed by atoms with Crippen molar-refractivity contribution < 1.29 is 14.3 Å². The van der Waals surface area contributed by atoms with Gasteiger partial charge >= 0.3 is 5.97 Å². The summed E-state index contributed by atoms with van der Waals surface area (Å²) in [6.07, 6.45) is 5.03. The zero-order valence-corrected chi connectivity index (χ0v) is 10.4. The molecule has 0 saturated carbocycles. The summed E-state index contributed by atoms with van der Waals surface area (Å²) >= 11 is 0. The lowest BCUT2D eigenvalue weighted by Gasteiger charge is -2.20. The molecule has 0 aliphatic heterocycles. The molecule has 0 radical (unpaired) electrons. The Hall–Kier alpha value is -0.570. The van der Waals surface area contributed by atoms with Gasteiger partial charge in [0.25, 0.3) is 0 Å². The van der Waals surface area contributed by atoms with Gasteiger partial charge in [0, 0.05) is 13.5 Å². The fourth-order valence-electron chi connectivity index (χ4n) is 1.82. The number of hydrogen-bond acceptors (Lipinski definition) is 3. The Bertz CT molecular complexity index is 164. The second-order valence-electron chi connectivity index (χ2n) is 3.98. The highest BCUT2D eigenvalue weighted by molar-refractivity contribution is 5.68. The predicted octanol–water partition coefficient (Wildman–Crippen LogP) is 2.78. The van der Waals surface area contributed by atoms with Crippen LogP contribution in [0.15, 0.2) is 0 Å². The average Bonchev–Trinajstić information content (AvgIpc) is 2.25. The molecule has 2 atom stereocenters. The maximum atomic E-state index is 10.9. The number of esters is 1. The monoisotopic (exact) mass is 216 g/mol. The summed E-state index contributed by atoms with van der Waals surface area (Å²) in [6, 6.07) is 0. The van der Waals surface area contributed by atoms with Crippen molar-refractivity contribution >= 4 is 5.97 Å². The van der Waals surface area contributed by atoms with Crippen molar-refractivity contribution in [3.63, 3.8) is 0 Å². The topological polar surface area (TPSA) is 35.5 Å². The van der Waals surface area contributed by atoms with E-state index in [1.807, 2.05) is 0 Å². The van der Waals surface area contributed by atoms with Gasteiger partial charge in [-0.3, -0.25) is 4.79 Å². The lowest BCUT2D eigenvalue weighted by molar-refractivity contribution is -0.140. The van der Waals surface area contributed by atoms with Crippen molar-refractivity contribution in [2.45, 2.75) is 52.1 Å². The van der Waals surface area contributed by atoms with Gasteiger partial charge in [0.2, 0.25) is 0 Å². The minimum atomic E-state index is -0.110. The molecule has 0 aliphatic carbocycles. The summed E-state index contributed by atoms with van der Waals surface area (Å²) in [6.45, 7) is 4.34. The second-order valence-corrected chi connectivity index (χ2v) is 3.98. The van der Waals surface area contributed by atoms with Crippen molar-refractivity contribution in [1.29, 1.82) is 0 Å². The number of methoxy groups -OCH3 is 2. The van der Waals surface area contributed by atoms with Gasteiger partial charge in [-0.25, -0.2) is 0 Å². The van der Waals surface area contributed by atoms with Crippen LogP contribution in [0.5, 0.6) is 0 Å². The van der Waals surface area contributed by atoms with Crippen LogP contribution in [-0.2, 0) is 14.3 Å². The molecule has 0 fully saturated rings. The van der Waals surface area contributed by atoms with Crippen molar-refractivity contribution in [3.05, 3.63) is 0 Å². The molecule has 0 aromatic carbocycles. The predicted molar refractivity (Wildman–Crippen MR) is 60.7 cm³/mol. The normalized spacial score (nSPS) is 14.7. The Morgan fingerprint density at radius 1 is 1.27 bits per heavy atom. The summed E-state index contributed by atoms with van der Waals surface area (Å²) < 4.78 is 9.95. The fraction of sp³-hybridized carbons (Fsp3) is 0.917. The lowest BCUT2D eigenvalue weighted by atomic mass is 9.96. The van der Waals surface area contributed by atoms with Gasteiger partial charge < -0.3 is 9.47 Å². The molecule has 0 N–H and O–H groups in total. The van der Waals surface area contributed by atoms with Gasteiger partial charge in [0.1, 0.15) is 0 Å². The summed E-state index contributed by atoms with van der Waals surface area (Å²) in [5.41, 5.74) is 0. The maximum Gasteiger partial charge on any atom is 0.305 e. The number of carbonyl (C=O) groups is 1. The molecule has 0 rings (SSSR count). The van der Waals surface area contributed by atoms with E-state index in [0.717, 1.165) is 25.7 Å². The number of hydrogen-bond donors (Lipinski definition) is 0. The van der Waals surface area contributed by atoms with Crippen molar-refractivity contribution in [2.24, 2.45) is 5.92 Å². The minimum absolute atomic E-state index is 0.110. The molecule has 3 nitrogen and oxygen atoms in total. The fourth-order valence-corrected chi connectivity index (χ4v) is 1.82. The Morgan fingerprint density at radius 3 is 2.40 bits per heavy atom. The van der Waals surface area contributed by atoms with Crippen LogP contribution in [0.2, 0.25) is 0 Å². The first-order valence-corrected chi connectivity index (χ1v) is 5.75. The van der Waals surface area contributed by atoms with Crippen LogP contribution in [0.25, 0.3) is 0 Å². The van der Waals surface area contributed by atoms with Crippen molar-refractivity contribution in [1.82, 2.24) is 0 Å². The van der Waals surface area contributed by atoms with Gasteiger partial charge in [-0.1, -0.05) is 20.3 Å². The van der Waals surface area contributed by atoms with E-state index >= 15 is 0 Å². The summed E-state index contributed by atoms with van der Waals surface area (Å²) in [5, 5.41) is 0. The Morgan fingerprint density at radius 2 is 1.93 bits per heavy atom. The number of unbranched alkanes of at least 4 members (excludes halogenated alkanes) is 1. The van der Waals surface area contributed by atoms with Gasteiger partial charge in [-0.15, -0.1) is 0 Å². The van der Waals surface area contributed by atoms with E-state index in [1.165, 1.54) is 7.11 Å². The average molecular weight is 216 g/mol. The molecular weight excluding hydrogens is 192 g/mol. The first kappa shape index (κ1) is 14.4. The largest absolute Gasteiger partial charge is 0.469 e. The van der Waals surface area contributed by atoms with E-state index in [1.54, 1.807) is 7.11 Å². The Labute approximate surface area is 93.1 Å². The zero-order valence-electron chi connectivity index (χ0n) is 10.4. The molecule has 0 spiro atoms. The molecule has 2 unspecified atom stereocenters. The zero-order chi connectivity index (χ0) is 11.7. The molecule has 0 aromatic heterocycles. The van der Waals surface area contributed by atoms with E-state index in [-0.39, 0.29) is 5.97 Å². The molecular formula is C12H24O3. The van der Waals surface area contributed by atoms with Crippen LogP contribution in [0.3, 0.4) is 0 Å². The second kappa shape index (κ2) is 8.72. The lowest BCUT2D eigenvalue weighted by Crippen LogP contribution is -2.19. The summed E-state index contributed by atoms with van der Waals surface area (Å²) in [5.74, 6) is 0.457. The maximum absolute atomic E-state index is 10.9. The third-order valence-corrected chi connectivity index (χ3v) is 2.86.